The van der Waals surface area contributed by atoms with E-state index in [1.165, 1.54) is 673 Å². The van der Waals surface area contributed by atoms with Crippen molar-refractivity contribution in [3.63, 3.8) is 0 Å². The summed E-state index contributed by atoms with van der Waals surface area (Å²) in [5.74, 6) is 0. The third-order valence-corrected chi connectivity index (χ3v) is 29.5. The van der Waals surface area contributed by atoms with E-state index in [2.05, 4.69) is 133 Å². The third kappa shape index (κ3) is 105. The average Bonchev–Trinajstić information content (AvgIpc) is 0.910. The molecule has 3 aromatic carbocycles. The Hall–Kier alpha value is -2.52. The van der Waals surface area contributed by atoms with Crippen LogP contribution in [0.25, 0.3) is 0 Å². The Morgan fingerprint density at radius 3 is 0.286 bits per heavy atom. The van der Waals surface area contributed by atoms with Gasteiger partial charge >= 0.3 is 0 Å². The van der Waals surface area contributed by atoms with E-state index in [1.54, 1.807) is 14.7 Å². The number of unbranched alkanes of at least 4 members (excludes halogenated alkanes) is 90. The third-order valence-electron chi connectivity index (χ3n) is 29.5. The van der Waals surface area contributed by atoms with Gasteiger partial charge in [0.15, 0.2) is 0 Å². The Labute approximate surface area is 837 Å². The number of benzene rings is 3. The van der Waals surface area contributed by atoms with Gasteiger partial charge in [0.05, 0.1) is 39.3 Å². The molecule has 0 fully saturated rings. The van der Waals surface area contributed by atoms with Crippen molar-refractivity contribution in [1.82, 2.24) is 0 Å². The molecule has 0 bridgehead atoms. The number of para-hydroxylation sites is 3. The van der Waals surface area contributed by atoms with Crippen LogP contribution in [0.3, 0.4) is 0 Å². The first kappa shape index (κ1) is 130. The second-order valence-corrected chi connectivity index (χ2v) is 42.5. The molecule has 3 N–H and O–H groups in total. The molecule has 0 heterocycles. The van der Waals surface area contributed by atoms with Crippen LogP contribution in [0, 0.1) is 0 Å². The second-order valence-electron chi connectivity index (χ2n) is 42.5. The summed E-state index contributed by atoms with van der Waals surface area (Å²) in [5, 5.41) is 25.2. The lowest BCUT2D eigenvalue weighted by Crippen LogP contribution is -3.07. The number of hydrogen-bond donors (Lipinski definition) is 3. The smallest absolute Gasteiger partial charge is 0.131 e. The monoisotopic (exact) mass is 1850 g/mol. The standard InChI is InChI=1S/3C42H79N.BO3/c3*1-3-5-7-9-11-13-15-17-19-21-23-25-27-29-31-36-40-43(42-38-34-33-35-39-42)41-37-32-30-28-26-24-22-20-18-16-14-12-10-8-6-4-2;2-1(3)4/h3*33-35,38-39H,3-32,36-37,40-41H2,1-2H3;/q;;;-3/p+3. The molecule has 0 aliphatic carbocycles. The summed E-state index contributed by atoms with van der Waals surface area (Å²) in [4.78, 5) is 5.20. The van der Waals surface area contributed by atoms with Crippen molar-refractivity contribution in [2.45, 2.75) is 658 Å². The molecule has 0 aliphatic rings. The average molecular weight is 1860 g/mol. The highest BCUT2D eigenvalue weighted by Gasteiger charge is 2.16. The second kappa shape index (κ2) is 116. The Balaban J connectivity index is 0.00000192. The molecule has 0 spiro atoms. The molecular formula is C126H240BN3O3. The molecule has 3 aromatic rings. The van der Waals surface area contributed by atoms with Gasteiger partial charge in [-0.2, -0.15) is 0 Å². The minimum Gasteiger partial charge on any atom is -0.907 e. The lowest BCUT2D eigenvalue weighted by Gasteiger charge is -2.35. The highest BCUT2D eigenvalue weighted by molar-refractivity contribution is 6.24. The first-order valence-corrected chi connectivity index (χ1v) is 61.6. The van der Waals surface area contributed by atoms with Crippen LogP contribution in [-0.4, -0.2) is 46.6 Å². The maximum Gasteiger partial charge on any atom is 0.131 e. The zero-order chi connectivity index (χ0) is 95.8. The van der Waals surface area contributed by atoms with E-state index in [9.17, 15) is 0 Å². The van der Waals surface area contributed by atoms with Crippen molar-refractivity contribution in [3.05, 3.63) is 91.0 Å². The Kier molecular flexibility index (Phi) is 114. The van der Waals surface area contributed by atoms with Gasteiger partial charge in [-0.05, 0) is 113 Å². The highest BCUT2D eigenvalue weighted by Crippen LogP contribution is 2.23. The molecule has 780 valence electrons. The summed E-state index contributed by atoms with van der Waals surface area (Å²) < 4.78 is 0. The first-order chi connectivity index (χ1) is 65.9. The van der Waals surface area contributed by atoms with E-state index in [-0.39, 0.29) is 0 Å². The molecular weight excluding hydrogens is 1610 g/mol. The number of hydrogen-bond acceptors (Lipinski definition) is 3. The van der Waals surface area contributed by atoms with E-state index in [0.717, 1.165) is 0 Å². The van der Waals surface area contributed by atoms with E-state index in [1.807, 2.05) is 0 Å². The summed E-state index contributed by atoms with van der Waals surface area (Å²) in [7, 11) is -2.92. The van der Waals surface area contributed by atoms with Gasteiger partial charge in [0.25, 0.3) is 0 Å². The molecule has 0 aliphatic heterocycles. The van der Waals surface area contributed by atoms with Crippen LogP contribution in [0.5, 0.6) is 0 Å². The number of nitrogens with one attached hydrogen (secondary N) is 3. The summed E-state index contributed by atoms with van der Waals surface area (Å²) in [6.45, 7) is 21.8. The Morgan fingerprint density at radius 1 is 0.128 bits per heavy atom. The topological polar surface area (TPSA) is 82.5 Å². The molecule has 0 aromatic heterocycles. The maximum absolute atomic E-state index is 8.42. The summed E-state index contributed by atoms with van der Waals surface area (Å²) >= 11 is 0. The van der Waals surface area contributed by atoms with Gasteiger partial charge in [0.1, 0.15) is 17.1 Å². The van der Waals surface area contributed by atoms with Gasteiger partial charge in [-0.3, -0.25) is 7.32 Å². The molecule has 0 saturated carbocycles. The van der Waals surface area contributed by atoms with Gasteiger partial charge < -0.3 is 29.8 Å². The van der Waals surface area contributed by atoms with Crippen molar-refractivity contribution < 1.29 is 29.8 Å². The molecule has 0 amide bonds. The number of quaternary nitrogens is 3. The fourth-order valence-corrected chi connectivity index (χ4v) is 20.6. The molecule has 0 radical (unpaired) electrons. The zero-order valence-corrected chi connectivity index (χ0v) is 91.6. The zero-order valence-electron chi connectivity index (χ0n) is 91.6. The van der Waals surface area contributed by atoms with Crippen LogP contribution in [0.1, 0.15) is 658 Å². The molecule has 3 rings (SSSR count). The molecule has 0 atom stereocenters. The predicted octanol–water partition coefficient (Wildman–Crippen LogP) is 37.2. The van der Waals surface area contributed by atoms with E-state index in [4.69, 9.17) is 15.1 Å². The van der Waals surface area contributed by atoms with Crippen LogP contribution < -0.4 is 29.8 Å². The van der Waals surface area contributed by atoms with Gasteiger partial charge in [-0.15, -0.1) is 0 Å². The van der Waals surface area contributed by atoms with E-state index >= 15 is 0 Å². The fourth-order valence-electron chi connectivity index (χ4n) is 20.6. The van der Waals surface area contributed by atoms with Crippen molar-refractivity contribution in [2.75, 3.05) is 39.3 Å². The summed E-state index contributed by atoms with van der Waals surface area (Å²) in [6.07, 6.45) is 139. The Bertz CT molecular complexity index is 2110. The Morgan fingerprint density at radius 2 is 0.203 bits per heavy atom. The normalized spacial score (nSPS) is 11.5. The largest absolute Gasteiger partial charge is 0.907 e. The van der Waals surface area contributed by atoms with Crippen LogP contribution in [0.2, 0.25) is 0 Å². The van der Waals surface area contributed by atoms with Gasteiger partial charge in [0, 0.05) is 0 Å². The molecule has 6 nitrogen and oxygen atoms in total. The molecule has 0 saturated heterocycles. The number of rotatable bonds is 105. The van der Waals surface area contributed by atoms with Crippen molar-refractivity contribution in [2.24, 2.45) is 0 Å². The summed E-state index contributed by atoms with van der Waals surface area (Å²) in [5.41, 5.74) is 4.55. The molecule has 7 heteroatoms. The SMILES string of the molecule is CCCCCCCCCCCCCCCCCC[NH+](CCCCCCCCCCCCCCCCCC)c1ccccc1.CCCCCCCCCCCCCCCCCC[NH+](CCCCCCCCCCCCCCCCCC)c1ccccc1.CCCCCCCCCCCCCCCCCC[NH+](CCCCCCCCCCCCCCCCCC)c1ccccc1.[O-]B([O-])[O-]. The van der Waals surface area contributed by atoms with E-state index < -0.39 is 7.32 Å². The van der Waals surface area contributed by atoms with Crippen LogP contribution in [0.15, 0.2) is 91.0 Å². The maximum atomic E-state index is 8.42. The lowest BCUT2D eigenvalue weighted by atomic mass is 10.0. The van der Waals surface area contributed by atoms with Crippen molar-refractivity contribution >= 4 is 24.4 Å². The first-order valence-electron chi connectivity index (χ1n) is 61.6. The minimum absolute atomic E-state index is 1.32. The van der Waals surface area contributed by atoms with Gasteiger partial charge in [-0.25, -0.2) is 0 Å². The van der Waals surface area contributed by atoms with Crippen LogP contribution >= 0.6 is 0 Å². The van der Waals surface area contributed by atoms with Gasteiger partial charge in [-0.1, -0.05) is 635 Å². The van der Waals surface area contributed by atoms with Crippen LogP contribution in [-0.2, 0) is 0 Å². The quantitative estimate of drug-likeness (QED) is 0.0389. The van der Waals surface area contributed by atoms with Crippen molar-refractivity contribution in [1.29, 1.82) is 0 Å². The fraction of sp³-hybridized carbons (Fsp3) is 0.857. The molecule has 133 heavy (non-hydrogen) atoms. The summed E-state index contributed by atoms with van der Waals surface area (Å²) in [6, 6.07) is 34.0. The van der Waals surface area contributed by atoms with E-state index in [0.29, 0.717) is 0 Å². The lowest BCUT2D eigenvalue weighted by molar-refractivity contribution is -0.833. The minimum atomic E-state index is -2.92. The molecule has 0 unspecified atom stereocenters. The van der Waals surface area contributed by atoms with Crippen LogP contribution in [0.4, 0.5) is 17.1 Å². The van der Waals surface area contributed by atoms with Crippen molar-refractivity contribution in [3.8, 4) is 0 Å². The predicted molar refractivity (Wildman–Crippen MR) is 593 cm³/mol. The highest BCUT2D eigenvalue weighted by atomic mass is 16.5. The van der Waals surface area contributed by atoms with Gasteiger partial charge in [0.2, 0.25) is 0 Å².